The first-order valence-corrected chi connectivity index (χ1v) is 46.8. The van der Waals surface area contributed by atoms with Crippen LogP contribution < -0.4 is 33.2 Å². The first kappa shape index (κ1) is 101. The summed E-state index contributed by atoms with van der Waals surface area (Å²) < 4.78 is 16.6. The number of aromatic nitrogens is 6. The van der Waals surface area contributed by atoms with E-state index in [4.69, 9.17) is 129 Å². The fourth-order valence-corrected chi connectivity index (χ4v) is 18.1. The van der Waals surface area contributed by atoms with Gasteiger partial charge in [-0.15, -0.1) is 92.7 Å². The molecule has 8 heterocycles. The molecule has 2 saturated heterocycles. The molecule has 0 spiro atoms. The number of nitriles is 6. The van der Waals surface area contributed by atoms with E-state index >= 15 is 0 Å². The van der Waals surface area contributed by atoms with Gasteiger partial charge >= 0.3 is 0 Å². The maximum atomic E-state index is 9.96. The topological polar surface area (TPSA) is 359 Å². The number of nitrogens with two attached hydrogens (primary N) is 4. The largest absolute Gasteiger partial charge is 0.394 e. The molecule has 2 fully saturated rings. The second-order valence-electron chi connectivity index (χ2n) is 23.0. The second-order valence-corrected chi connectivity index (χ2v) is 33.5. The van der Waals surface area contributed by atoms with Crippen molar-refractivity contribution in [3.63, 3.8) is 0 Å². The number of rotatable bonds is 19. The summed E-state index contributed by atoms with van der Waals surface area (Å²) in [5, 5.41) is 68.1. The average Bonchev–Trinajstić information content (AvgIpc) is 0.793. The minimum Gasteiger partial charge on any atom is -0.394 e. The van der Waals surface area contributed by atoms with Crippen molar-refractivity contribution in [1.82, 2.24) is 40.1 Å². The van der Waals surface area contributed by atoms with Crippen molar-refractivity contribution in [3.05, 3.63) is 186 Å². The van der Waals surface area contributed by atoms with Crippen molar-refractivity contribution < 1.29 is 5.76 Å². The summed E-state index contributed by atoms with van der Waals surface area (Å²) in [6.07, 6.45) is 14.9. The average molecular weight is 1860 g/mol. The zero-order valence-electron chi connectivity index (χ0n) is 65.7. The van der Waals surface area contributed by atoms with Gasteiger partial charge in [-0.25, -0.2) is 39.5 Å². The standard InChI is InChI=1S/C22H19ClN6S2.C18H12ClN5S3.C10H7Cl2NS.C8H6N4S2.C6H6N2S2.C6H15N.C5H11N.C3H4N2S.CH3F/c1-26-18-19(29-9-3-2-4-10-29)17(11-24)22(28-20(18)25)31-13-16-12-30-21(27-16)14-5-7-15(23)8-6-14;1-22-14-15(25-2)13(7-20)18(24-16(14)21)27-9-12-8-26-17(23-12)10-3-5-11(19)6-4-10;11-5-9-6-14-10(13-9)7-1-3-8(12)4-2-7;1-11-5-6(14-2)4(3-9)8(13)12-7(5)10;1-9-6(10-2)5(3-7)4-8;1-4-7(5-2)6-3;1-2-4-6-5-3-1;4-2-1-3(5)6;1-2/h5-8,12H,2-4,9-10,13H2,(H2,25,28);3-6,8H,9H2,2H3,(H2,21,24);1-4,6H,5H2;2H3,(H3,10,12,13);1-2H3;4-6H2,1-3H3;6H,1-5H2;1H2,(H2,5,6);1H3/i;;;;;;;;1D. The van der Waals surface area contributed by atoms with E-state index in [0.29, 0.717) is 69.7 Å². The number of pyridine rings is 3. The molecule has 0 amide bonds. The monoisotopic (exact) mass is 1850 g/mol. The van der Waals surface area contributed by atoms with Gasteiger partial charge in [0, 0.05) is 82.3 Å². The van der Waals surface area contributed by atoms with Gasteiger partial charge in [-0.2, -0.15) is 31.6 Å². The van der Waals surface area contributed by atoms with Crippen LogP contribution >= 0.6 is 175 Å². The summed E-state index contributed by atoms with van der Waals surface area (Å²) >= 11 is 45.6. The quantitative estimate of drug-likeness (QED) is 0.0144. The molecular formula is C79H83Cl4FN22S11. The van der Waals surface area contributed by atoms with Gasteiger partial charge < -0.3 is 43.0 Å². The van der Waals surface area contributed by atoms with E-state index in [2.05, 4.69) is 99.7 Å². The Kier molecular flexibility index (Phi) is 50.4. The molecule has 2 aliphatic heterocycles. The molecule has 11 rings (SSSR count). The second kappa shape index (κ2) is 58.5. The minimum atomic E-state index is -1.00. The summed E-state index contributed by atoms with van der Waals surface area (Å²) in [5.74, 6) is 2.12. The molecule has 0 saturated carbocycles. The van der Waals surface area contributed by atoms with Crippen molar-refractivity contribution in [2.75, 3.05) is 100 Å². The fourth-order valence-electron chi connectivity index (χ4n) is 9.89. The molecular weight excluding hydrogens is 1770 g/mol. The third kappa shape index (κ3) is 34.1. The number of thiazole rings is 3. The predicted octanol–water partition coefficient (Wildman–Crippen LogP) is 23.5. The Labute approximate surface area is 754 Å². The summed E-state index contributed by atoms with van der Waals surface area (Å²) in [7, 11) is -1.00. The summed E-state index contributed by atoms with van der Waals surface area (Å²) in [4.78, 5) is 41.1. The number of nitrogen functional groups attached to an aromatic ring is 3. The Morgan fingerprint density at radius 3 is 1.31 bits per heavy atom. The number of thiocarbonyl (C=S) groups is 1. The van der Waals surface area contributed by atoms with Gasteiger partial charge in [0.2, 0.25) is 11.4 Å². The van der Waals surface area contributed by atoms with Crippen LogP contribution in [0.1, 0.15) is 101 Å². The number of hydrogen-bond acceptors (Lipinski definition) is 28. The Morgan fingerprint density at radius 2 is 1.00 bits per heavy atom. The van der Waals surface area contributed by atoms with E-state index in [0.717, 1.165) is 90.4 Å². The highest BCUT2D eigenvalue weighted by molar-refractivity contribution is 8.21. The van der Waals surface area contributed by atoms with Gasteiger partial charge in [-0.3, -0.25) is 4.39 Å². The van der Waals surface area contributed by atoms with Crippen LogP contribution in [0.3, 0.4) is 0 Å². The summed E-state index contributed by atoms with van der Waals surface area (Å²) in [5.41, 5.74) is 31.1. The van der Waals surface area contributed by atoms with Crippen LogP contribution in [-0.2, 0) is 17.4 Å². The van der Waals surface area contributed by atoms with Crippen molar-refractivity contribution in [1.29, 1.82) is 31.6 Å². The zero-order chi connectivity index (χ0) is 87.5. The molecule has 10 N–H and O–H groups in total. The zero-order valence-corrected chi connectivity index (χ0v) is 76.7. The van der Waals surface area contributed by atoms with Gasteiger partial charge in [0.1, 0.15) is 83.1 Å². The molecule has 38 heteroatoms. The number of piperidine rings is 2. The first-order valence-electron chi connectivity index (χ1n) is 35.5. The Morgan fingerprint density at radius 1 is 0.607 bits per heavy atom. The number of hydrogen-bond donors (Lipinski definition) is 6. The molecule has 117 heavy (non-hydrogen) atoms. The lowest BCUT2D eigenvalue weighted by molar-refractivity contribution is 0.321. The number of aromatic amines is 1. The van der Waals surface area contributed by atoms with Gasteiger partial charge in [-0.05, 0) is 126 Å². The number of allylic oxidation sites excluding steroid dienone is 1. The number of nitrogens with one attached hydrogen (secondary N) is 2. The predicted molar refractivity (Wildman–Crippen MR) is 502 cm³/mol. The van der Waals surface area contributed by atoms with Crippen LogP contribution in [0.15, 0.2) is 119 Å². The van der Waals surface area contributed by atoms with Crippen molar-refractivity contribution in [2.24, 2.45) is 5.73 Å². The molecule has 9 aromatic rings. The van der Waals surface area contributed by atoms with E-state index < -0.39 is 7.15 Å². The maximum absolute atomic E-state index is 9.96. The number of halogens is 5. The molecule has 6 aromatic heterocycles. The molecule has 0 bridgehead atoms. The third-order valence-electron chi connectivity index (χ3n) is 15.6. The maximum Gasteiger partial charge on any atom is 0.251 e. The van der Waals surface area contributed by atoms with Crippen LogP contribution in [0.25, 0.3) is 46.2 Å². The van der Waals surface area contributed by atoms with Crippen LogP contribution in [0.4, 0.5) is 44.6 Å². The van der Waals surface area contributed by atoms with Gasteiger partial charge in [0.05, 0.1) is 95.3 Å². The molecule has 22 nitrogen and oxygen atoms in total. The Bertz CT molecular complexity index is 5150. The smallest absolute Gasteiger partial charge is 0.251 e. The van der Waals surface area contributed by atoms with Crippen LogP contribution in [-0.4, -0.2) is 118 Å². The third-order valence-corrected chi connectivity index (χ3v) is 25.6. The molecule has 0 aliphatic carbocycles. The highest BCUT2D eigenvalue weighted by atomic mass is 35.5. The lowest BCUT2D eigenvalue weighted by Crippen LogP contribution is -2.30. The van der Waals surface area contributed by atoms with Crippen molar-refractivity contribution in [3.8, 4) is 68.1 Å². The van der Waals surface area contributed by atoms with E-state index in [9.17, 15) is 14.9 Å². The molecule has 3 aromatic carbocycles. The Balaban J connectivity index is 0.000000372. The van der Waals surface area contributed by atoms with E-state index in [1.807, 2.05) is 126 Å². The fraction of sp³-hybridized carbons (Fsp3) is 0.316. The number of thioether (sulfide) groups is 6. The van der Waals surface area contributed by atoms with Crippen molar-refractivity contribution >= 4 is 221 Å². The van der Waals surface area contributed by atoms with Crippen LogP contribution in [0.5, 0.6) is 0 Å². The molecule has 0 unspecified atom stereocenters. The number of alkyl halides is 2. The molecule has 0 radical (unpaired) electrons. The molecule has 610 valence electrons. The number of H-pyrrole nitrogens is 1. The summed E-state index contributed by atoms with van der Waals surface area (Å²) in [6, 6.07) is 34.6. The SMILES string of the molecule is C1CCNCC1.CCN(CC)CC.CSC(SC)=C(C#N)C#N.ClCc1csc(-c2ccc(Cl)cc2)n1.N#CCC(N)=S.[2H]CF.[C-]#[N+]c1c(N)[nH]c(=S)c(C#N)c1SC.[C-]#[N+]c1c(N)nc(SCc2csc(-c3ccc(Cl)cc3)n2)c(C#N)c1N1CCCCC1.[C-]#[N+]c1c(N)nc(SCc2csc(-c3ccc(Cl)cc3)n2)c(C#N)c1SC. The van der Waals surface area contributed by atoms with Crippen molar-refractivity contribution in [2.45, 2.75) is 103 Å². The lowest BCUT2D eigenvalue weighted by Gasteiger charge is -2.31. The lowest BCUT2D eigenvalue weighted by atomic mass is 10.1. The first-order chi connectivity index (χ1) is 56.9. The number of nitrogens with zero attached hydrogens (tertiary/aromatic N) is 16. The van der Waals surface area contributed by atoms with Gasteiger partial charge in [0.15, 0.2) is 0 Å². The van der Waals surface area contributed by atoms with Gasteiger partial charge in [0.25, 0.3) is 5.69 Å². The molecule has 0 atom stereocenters. The van der Waals surface area contributed by atoms with Crippen LogP contribution in [0, 0.1) is 92.3 Å². The number of benzene rings is 3. The highest BCUT2D eigenvalue weighted by Crippen LogP contribution is 2.44. The molecule has 2 aliphatic rings. The van der Waals surface area contributed by atoms with E-state index in [-0.39, 0.29) is 56.1 Å². The minimum absolute atomic E-state index is 0.149. The number of anilines is 4. The van der Waals surface area contributed by atoms with E-state index in [1.165, 1.54) is 123 Å². The van der Waals surface area contributed by atoms with E-state index in [1.54, 1.807) is 46.3 Å². The highest BCUT2D eigenvalue weighted by Gasteiger charge is 2.26. The van der Waals surface area contributed by atoms with Gasteiger partial charge in [-0.1, -0.05) is 146 Å². The summed E-state index contributed by atoms with van der Waals surface area (Å²) in [6.45, 7) is 36.0. The Hall–Kier alpha value is -8.43. The normalized spacial score (nSPS) is 11.3. The van der Waals surface area contributed by atoms with Crippen LogP contribution in [0.2, 0.25) is 15.1 Å².